The minimum Gasteiger partial charge on any atom is -0.493 e. The molecule has 5 rings (SSSR count). The van der Waals surface area contributed by atoms with Gasteiger partial charge in [-0.1, -0.05) is 61.7 Å². The predicted molar refractivity (Wildman–Crippen MR) is 130 cm³/mol. The Bertz CT molecular complexity index is 1350. The fourth-order valence-electron chi connectivity index (χ4n) is 4.68. The van der Waals surface area contributed by atoms with Crippen LogP contribution in [0.15, 0.2) is 70.6 Å². The smallest absolute Gasteiger partial charge is 0.282 e. The maximum Gasteiger partial charge on any atom is 0.282 e. The summed E-state index contributed by atoms with van der Waals surface area (Å²) >= 11 is 0. The number of para-hydroxylation sites is 1. The Labute approximate surface area is 187 Å². The van der Waals surface area contributed by atoms with E-state index in [-0.39, 0.29) is 11.5 Å². The molecule has 4 aromatic rings. The second-order valence-electron chi connectivity index (χ2n) is 8.32. The van der Waals surface area contributed by atoms with Crippen molar-refractivity contribution >= 4 is 27.9 Å². The third-order valence-corrected chi connectivity index (χ3v) is 6.28. The van der Waals surface area contributed by atoms with Crippen LogP contribution in [0, 0.1) is 0 Å². The molecule has 1 fully saturated rings. The van der Waals surface area contributed by atoms with Crippen molar-refractivity contribution in [3.8, 4) is 5.75 Å². The Morgan fingerprint density at radius 1 is 1.00 bits per heavy atom. The number of benzene rings is 3. The van der Waals surface area contributed by atoms with Crippen LogP contribution in [0.3, 0.4) is 0 Å². The third kappa shape index (κ3) is 3.79. The molecule has 1 aromatic heterocycles. The van der Waals surface area contributed by atoms with E-state index in [2.05, 4.69) is 18.2 Å². The minimum absolute atomic E-state index is 0.120. The van der Waals surface area contributed by atoms with Gasteiger partial charge in [-0.2, -0.15) is 9.78 Å². The van der Waals surface area contributed by atoms with Crippen LogP contribution in [0.1, 0.15) is 56.3 Å². The molecule has 1 saturated carbocycles. The lowest BCUT2D eigenvalue weighted by Crippen LogP contribution is -2.25. The highest BCUT2D eigenvalue weighted by Gasteiger charge is 2.22. The molecule has 0 atom stereocenters. The number of nitrogens with zero attached hydrogens (tertiary/aromatic N) is 3. The van der Waals surface area contributed by atoms with Gasteiger partial charge in [-0.25, -0.2) is 4.98 Å². The minimum atomic E-state index is -0.120. The van der Waals surface area contributed by atoms with Crippen molar-refractivity contribution in [2.75, 3.05) is 6.61 Å². The molecule has 162 valence electrons. The zero-order valence-corrected chi connectivity index (χ0v) is 18.3. The summed E-state index contributed by atoms with van der Waals surface area (Å²) in [5.74, 6) is 1.77. The molecule has 5 heteroatoms. The van der Waals surface area contributed by atoms with Gasteiger partial charge in [-0.15, -0.1) is 0 Å². The number of hydrogen-bond donors (Lipinski definition) is 0. The molecular formula is C27H27N3O2. The summed E-state index contributed by atoms with van der Waals surface area (Å²) in [5, 5.41) is 7.47. The number of hydrogen-bond acceptors (Lipinski definition) is 4. The van der Waals surface area contributed by atoms with Crippen molar-refractivity contribution in [3.63, 3.8) is 0 Å². The van der Waals surface area contributed by atoms with Crippen LogP contribution in [0.2, 0.25) is 0 Å². The van der Waals surface area contributed by atoms with Crippen LogP contribution in [-0.2, 0) is 0 Å². The summed E-state index contributed by atoms with van der Waals surface area (Å²) in [5.41, 5.74) is 1.50. The van der Waals surface area contributed by atoms with Crippen molar-refractivity contribution in [2.24, 2.45) is 5.10 Å². The van der Waals surface area contributed by atoms with Crippen molar-refractivity contribution in [1.29, 1.82) is 0 Å². The lowest BCUT2D eigenvalue weighted by molar-refractivity contribution is 0.340. The molecule has 0 saturated heterocycles. The summed E-state index contributed by atoms with van der Waals surface area (Å²) in [6.07, 6.45) is 7.41. The monoisotopic (exact) mass is 425 g/mol. The number of aromatic nitrogens is 2. The lowest BCUT2D eigenvalue weighted by atomic mass is 9.88. The van der Waals surface area contributed by atoms with Crippen LogP contribution in [-0.4, -0.2) is 22.5 Å². The Morgan fingerprint density at radius 2 is 1.75 bits per heavy atom. The summed E-state index contributed by atoms with van der Waals surface area (Å²) in [7, 11) is 0. The molecule has 0 N–H and O–H groups in total. The standard InChI is InChI=1S/C27H27N3O2/c1-2-32-25-17-16-19-10-6-7-13-21(19)23(25)18-28-30-26(20-11-4-3-5-12-20)29-24-15-9-8-14-22(24)27(30)31/h6-10,13-18,20H,2-5,11-12H2,1H3. The first-order valence-electron chi connectivity index (χ1n) is 11.5. The zero-order chi connectivity index (χ0) is 21.9. The van der Waals surface area contributed by atoms with E-state index in [1.54, 1.807) is 6.21 Å². The molecular weight excluding hydrogens is 398 g/mol. The highest BCUT2D eigenvalue weighted by Crippen LogP contribution is 2.32. The maximum atomic E-state index is 13.5. The van der Waals surface area contributed by atoms with Gasteiger partial charge in [0, 0.05) is 11.5 Å². The highest BCUT2D eigenvalue weighted by atomic mass is 16.5. The molecule has 5 nitrogen and oxygen atoms in total. The number of rotatable bonds is 5. The first-order chi connectivity index (χ1) is 15.8. The van der Waals surface area contributed by atoms with E-state index < -0.39 is 0 Å². The van der Waals surface area contributed by atoms with Crippen molar-refractivity contribution in [2.45, 2.75) is 44.9 Å². The molecule has 1 heterocycles. The summed E-state index contributed by atoms with van der Waals surface area (Å²) < 4.78 is 7.41. The topological polar surface area (TPSA) is 56.5 Å². The number of ether oxygens (including phenoxy) is 1. The predicted octanol–water partition coefficient (Wildman–Crippen LogP) is 5.88. The average molecular weight is 426 g/mol. The van der Waals surface area contributed by atoms with Crippen LogP contribution in [0.25, 0.3) is 21.7 Å². The van der Waals surface area contributed by atoms with E-state index in [0.717, 1.165) is 59.1 Å². The average Bonchev–Trinajstić information content (AvgIpc) is 2.85. The van der Waals surface area contributed by atoms with Gasteiger partial charge >= 0.3 is 0 Å². The van der Waals surface area contributed by atoms with E-state index in [1.165, 1.54) is 11.1 Å². The molecule has 0 bridgehead atoms. The Balaban J connectivity index is 1.69. The Hall–Kier alpha value is -3.47. The van der Waals surface area contributed by atoms with Crippen LogP contribution < -0.4 is 10.3 Å². The van der Waals surface area contributed by atoms with E-state index in [0.29, 0.717) is 12.0 Å². The number of fused-ring (bicyclic) bond motifs is 2. The molecule has 1 aliphatic carbocycles. The summed E-state index contributed by atoms with van der Waals surface area (Å²) in [6.45, 7) is 2.53. The molecule has 32 heavy (non-hydrogen) atoms. The molecule has 1 aliphatic rings. The van der Waals surface area contributed by atoms with Gasteiger partial charge in [-0.3, -0.25) is 4.79 Å². The second-order valence-corrected chi connectivity index (χ2v) is 8.32. The summed E-state index contributed by atoms with van der Waals surface area (Å²) in [4.78, 5) is 18.4. The third-order valence-electron chi connectivity index (χ3n) is 6.28. The van der Waals surface area contributed by atoms with Crippen LogP contribution in [0.5, 0.6) is 5.75 Å². The molecule has 0 spiro atoms. The normalized spacial score (nSPS) is 15.0. The lowest BCUT2D eigenvalue weighted by Gasteiger charge is -2.22. The van der Waals surface area contributed by atoms with Gasteiger partial charge in [0.05, 0.1) is 23.7 Å². The Kier molecular flexibility index (Phi) is 5.71. The Morgan fingerprint density at radius 3 is 2.56 bits per heavy atom. The largest absolute Gasteiger partial charge is 0.493 e. The van der Waals surface area contributed by atoms with Gasteiger partial charge < -0.3 is 4.74 Å². The highest BCUT2D eigenvalue weighted by molar-refractivity contribution is 6.02. The van der Waals surface area contributed by atoms with Gasteiger partial charge in [0.2, 0.25) is 0 Å². The zero-order valence-electron chi connectivity index (χ0n) is 18.3. The van der Waals surface area contributed by atoms with Crippen molar-refractivity contribution < 1.29 is 4.74 Å². The van der Waals surface area contributed by atoms with Gasteiger partial charge in [0.1, 0.15) is 11.6 Å². The molecule has 0 unspecified atom stereocenters. The van der Waals surface area contributed by atoms with Crippen LogP contribution in [0.4, 0.5) is 0 Å². The summed E-state index contributed by atoms with van der Waals surface area (Å²) in [6, 6.07) is 19.7. The second kappa shape index (κ2) is 8.95. The first kappa shape index (κ1) is 20.4. The maximum absolute atomic E-state index is 13.5. The van der Waals surface area contributed by atoms with Crippen molar-refractivity contribution in [3.05, 3.63) is 82.4 Å². The van der Waals surface area contributed by atoms with Gasteiger partial charge in [0.25, 0.3) is 5.56 Å². The van der Waals surface area contributed by atoms with Gasteiger partial charge in [-0.05, 0) is 48.7 Å². The van der Waals surface area contributed by atoms with E-state index in [4.69, 9.17) is 14.8 Å². The quantitative estimate of drug-likeness (QED) is 0.375. The first-order valence-corrected chi connectivity index (χ1v) is 11.5. The fraction of sp³-hybridized carbons (Fsp3) is 0.296. The SMILES string of the molecule is CCOc1ccc2ccccc2c1C=Nn1c(C2CCCCC2)nc2ccccc2c1=O. The fourth-order valence-corrected chi connectivity index (χ4v) is 4.68. The van der Waals surface area contributed by atoms with Crippen LogP contribution >= 0.6 is 0 Å². The van der Waals surface area contributed by atoms with Gasteiger partial charge in [0.15, 0.2) is 0 Å². The molecule has 0 aliphatic heterocycles. The van der Waals surface area contributed by atoms with E-state index in [1.807, 2.05) is 49.4 Å². The molecule has 0 amide bonds. The van der Waals surface area contributed by atoms with Crippen molar-refractivity contribution in [1.82, 2.24) is 9.66 Å². The molecule has 3 aromatic carbocycles. The molecule has 0 radical (unpaired) electrons. The van der Waals surface area contributed by atoms with E-state index in [9.17, 15) is 4.79 Å². The van der Waals surface area contributed by atoms with E-state index >= 15 is 0 Å².